The Bertz CT molecular complexity index is 956. The summed E-state index contributed by atoms with van der Waals surface area (Å²) in [5.41, 5.74) is 0.00287. The minimum absolute atomic E-state index is 0.132. The lowest BCUT2D eigenvalue weighted by Crippen LogP contribution is -2.40. The molecule has 1 N–H and O–H groups in total. The molecule has 0 bridgehead atoms. The molecule has 0 aliphatic rings. The highest BCUT2D eigenvalue weighted by Crippen LogP contribution is 2.13. The third-order valence-electron chi connectivity index (χ3n) is 4.20. The van der Waals surface area contributed by atoms with E-state index in [9.17, 15) is 9.59 Å². The molecule has 0 amide bonds. The predicted octanol–water partition coefficient (Wildman–Crippen LogP) is 3.42. The van der Waals surface area contributed by atoms with Crippen LogP contribution in [0.2, 0.25) is 5.28 Å². The molecule has 3 aromatic rings. The lowest BCUT2D eigenvalue weighted by molar-refractivity contribution is 0.527. The van der Waals surface area contributed by atoms with Gasteiger partial charge in [-0.25, -0.2) is 4.79 Å². The summed E-state index contributed by atoms with van der Waals surface area (Å²) in [6, 6.07) is 4.07. The summed E-state index contributed by atoms with van der Waals surface area (Å²) in [6.07, 6.45) is 4.52. The van der Waals surface area contributed by atoms with Crippen molar-refractivity contribution >= 4 is 34.1 Å². The molecule has 0 aliphatic heterocycles. The number of nitrogens with one attached hydrogen (secondary N) is 1. The van der Waals surface area contributed by atoms with E-state index in [1.165, 1.54) is 9.44 Å². The van der Waals surface area contributed by atoms with Crippen molar-refractivity contribution < 1.29 is 0 Å². The fraction of sp³-hybridized carbons (Fsp3) is 0.471. The van der Waals surface area contributed by atoms with Crippen LogP contribution < -0.4 is 11.2 Å². The first kappa shape index (κ1) is 17.9. The van der Waals surface area contributed by atoms with Gasteiger partial charge in [0.2, 0.25) is 5.28 Å². The zero-order valence-electron chi connectivity index (χ0n) is 14.1. The van der Waals surface area contributed by atoms with E-state index < -0.39 is 0 Å². The number of aromatic amines is 1. The quantitative estimate of drug-likeness (QED) is 0.480. The van der Waals surface area contributed by atoms with Crippen LogP contribution >= 0.6 is 22.9 Å². The highest BCUT2D eigenvalue weighted by molar-refractivity contribution is 7.09. The first-order chi connectivity index (χ1) is 12.1. The molecule has 0 saturated heterocycles. The fourth-order valence-corrected chi connectivity index (χ4v) is 3.85. The Morgan fingerprint density at radius 2 is 2.00 bits per heavy atom. The minimum atomic E-state index is -0.350. The van der Waals surface area contributed by atoms with Crippen molar-refractivity contribution in [3.05, 3.63) is 48.5 Å². The first-order valence-electron chi connectivity index (χ1n) is 8.53. The van der Waals surface area contributed by atoms with Crippen molar-refractivity contribution in [2.24, 2.45) is 0 Å². The zero-order chi connectivity index (χ0) is 17.8. The van der Waals surface area contributed by atoms with Gasteiger partial charge in [0, 0.05) is 18.0 Å². The Hall–Kier alpha value is -1.86. The molecule has 0 radical (unpaired) electrons. The number of hydrogen-bond acceptors (Lipinski definition) is 4. The number of H-pyrrole nitrogens is 1. The number of hydrogen-bond donors (Lipinski definition) is 1. The van der Waals surface area contributed by atoms with E-state index in [4.69, 9.17) is 11.6 Å². The van der Waals surface area contributed by atoms with Gasteiger partial charge in [0.05, 0.1) is 0 Å². The van der Waals surface area contributed by atoms with Crippen LogP contribution in [0.5, 0.6) is 0 Å². The Kier molecular flexibility index (Phi) is 5.75. The van der Waals surface area contributed by atoms with Gasteiger partial charge in [-0.15, -0.1) is 11.3 Å². The van der Waals surface area contributed by atoms with E-state index >= 15 is 0 Å². The molecule has 134 valence electrons. The highest BCUT2D eigenvalue weighted by atomic mass is 35.5. The van der Waals surface area contributed by atoms with Crippen LogP contribution in [-0.2, 0) is 19.5 Å². The molecular formula is C17H21ClN4O2S. The standard InChI is InChI=1S/C17H21ClN4O2S/c1-2-3-4-9-21-14-13(19-16(18)20-14)15(23)22(17(21)24)10-5-7-12-8-6-11-25-12/h6,8,11H,2-5,7,9-10H2,1H3,(H,19,20). The number of unbranched alkanes of at least 4 members (excludes halogenated alkanes) is 2. The Balaban J connectivity index is 1.93. The number of halogens is 1. The van der Waals surface area contributed by atoms with Gasteiger partial charge in [0.25, 0.3) is 5.56 Å². The predicted molar refractivity (Wildman–Crippen MR) is 102 cm³/mol. The summed E-state index contributed by atoms with van der Waals surface area (Å²) in [7, 11) is 0. The van der Waals surface area contributed by atoms with Gasteiger partial charge in [-0.1, -0.05) is 25.8 Å². The van der Waals surface area contributed by atoms with E-state index in [-0.39, 0.29) is 16.5 Å². The zero-order valence-corrected chi connectivity index (χ0v) is 15.7. The molecule has 0 aliphatic carbocycles. The lowest BCUT2D eigenvalue weighted by atomic mass is 10.2. The summed E-state index contributed by atoms with van der Waals surface area (Å²) in [4.78, 5) is 33.7. The second-order valence-corrected chi connectivity index (χ2v) is 7.40. The maximum Gasteiger partial charge on any atom is 0.332 e. The van der Waals surface area contributed by atoms with E-state index in [2.05, 4.69) is 23.0 Å². The molecule has 0 fully saturated rings. The first-order valence-corrected chi connectivity index (χ1v) is 9.78. The van der Waals surface area contributed by atoms with Crippen LogP contribution in [0, 0.1) is 0 Å². The Morgan fingerprint density at radius 3 is 2.72 bits per heavy atom. The van der Waals surface area contributed by atoms with E-state index in [0.29, 0.717) is 24.3 Å². The Labute approximate surface area is 154 Å². The van der Waals surface area contributed by atoms with Crippen molar-refractivity contribution in [1.29, 1.82) is 0 Å². The fourth-order valence-electron chi connectivity index (χ4n) is 2.92. The van der Waals surface area contributed by atoms with Gasteiger partial charge in [0.15, 0.2) is 11.2 Å². The summed E-state index contributed by atoms with van der Waals surface area (Å²) in [5, 5.41) is 2.16. The number of nitrogens with zero attached hydrogens (tertiary/aromatic N) is 3. The third-order valence-corrected chi connectivity index (χ3v) is 5.32. The normalized spacial score (nSPS) is 11.4. The largest absolute Gasteiger partial charge is 0.332 e. The number of imidazole rings is 1. The average molecular weight is 381 g/mol. The van der Waals surface area contributed by atoms with Crippen molar-refractivity contribution in [1.82, 2.24) is 19.1 Å². The lowest BCUT2D eigenvalue weighted by Gasteiger charge is -2.11. The summed E-state index contributed by atoms with van der Waals surface area (Å²) < 4.78 is 2.87. The van der Waals surface area contributed by atoms with Gasteiger partial charge >= 0.3 is 5.69 Å². The van der Waals surface area contributed by atoms with Crippen LogP contribution in [-0.4, -0.2) is 19.1 Å². The topological polar surface area (TPSA) is 72.7 Å². The maximum atomic E-state index is 12.8. The van der Waals surface area contributed by atoms with Crippen molar-refractivity contribution in [2.75, 3.05) is 0 Å². The summed E-state index contributed by atoms with van der Waals surface area (Å²) >= 11 is 7.62. The van der Waals surface area contributed by atoms with Gasteiger partial charge in [-0.3, -0.25) is 13.9 Å². The van der Waals surface area contributed by atoms with Crippen molar-refractivity contribution in [3.63, 3.8) is 0 Å². The van der Waals surface area contributed by atoms with E-state index in [0.717, 1.165) is 32.1 Å². The molecular weight excluding hydrogens is 360 g/mol. The number of aryl methyl sites for hydroxylation is 2. The van der Waals surface area contributed by atoms with Gasteiger partial charge in [-0.05, 0) is 42.3 Å². The second-order valence-electron chi connectivity index (χ2n) is 6.01. The van der Waals surface area contributed by atoms with Crippen molar-refractivity contribution in [3.8, 4) is 0 Å². The molecule has 0 saturated carbocycles. The molecule has 0 unspecified atom stereocenters. The van der Waals surface area contributed by atoms with Crippen LogP contribution in [0.3, 0.4) is 0 Å². The van der Waals surface area contributed by atoms with Crippen LogP contribution in [0.25, 0.3) is 11.2 Å². The molecule has 6 nitrogen and oxygen atoms in total. The van der Waals surface area contributed by atoms with Gasteiger partial charge < -0.3 is 4.98 Å². The molecule has 8 heteroatoms. The number of thiophene rings is 1. The average Bonchev–Trinajstić information content (AvgIpc) is 3.23. The van der Waals surface area contributed by atoms with E-state index in [1.54, 1.807) is 15.9 Å². The number of fused-ring (bicyclic) bond motifs is 1. The van der Waals surface area contributed by atoms with Crippen LogP contribution in [0.4, 0.5) is 0 Å². The Morgan fingerprint density at radius 1 is 1.20 bits per heavy atom. The van der Waals surface area contributed by atoms with Gasteiger partial charge in [0.1, 0.15) is 0 Å². The molecule has 3 rings (SSSR count). The molecule has 25 heavy (non-hydrogen) atoms. The molecule has 0 aromatic carbocycles. The second kappa shape index (κ2) is 8.01. The number of rotatable bonds is 8. The monoisotopic (exact) mass is 380 g/mol. The van der Waals surface area contributed by atoms with Gasteiger partial charge in [-0.2, -0.15) is 4.98 Å². The SMILES string of the molecule is CCCCCn1c(=O)n(CCCc2cccs2)c(=O)c2[nH]c(Cl)nc21. The van der Waals surface area contributed by atoms with Crippen molar-refractivity contribution in [2.45, 2.75) is 52.1 Å². The van der Waals surface area contributed by atoms with Crippen LogP contribution in [0.15, 0.2) is 27.1 Å². The molecule has 0 atom stereocenters. The number of aromatic nitrogens is 4. The minimum Gasteiger partial charge on any atom is -0.323 e. The maximum absolute atomic E-state index is 12.8. The van der Waals surface area contributed by atoms with E-state index in [1.807, 2.05) is 11.4 Å². The van der Waals surface area contributed by atoms with Crippen LogP contribution in [0.1, 0.15) is 37.5 Å². The molecule has 3 heterocycles. The summed E-state index contributed by atoms with van der Waals surface area (Å²) in [5.74, 6) is 0. The highest BCUT2D eigenvalue weighted by Gasteiger charge is 2.16. The third kappa shape index (κ3) is 3.88. The molecule has 3 aromatic heterocycles. The smallest absolute Gasteiger partial charge is 0.323 e. The molecule has 0 spiro atoms. The summed E-state index contributed by atoms with van der Waals surface area (Å²) in [6.45, 7) is 3.03.